The molecule has 158 valence electrons. The zero-order valence-electron chi connectivity index (χ0n) is 16.6. The molecule has 1 fully saturated rings. The van der Waals surface area contributed by atoms with Crippen molar-refractivity contribution in [2.45, 2.75) is 13.0 Å². The van der Waals surface area contributed by atoms with Gasteiger partial charge in [0.1, 0.15) is 17.6 Å². The van der Waals surface area contributed by atoms with Gasteiger partial charge >= 0.3 is 0 Å². The molecule has 2 aromatic carbocycles. The van der Waals surface area contributed by atoms with Crippen LogP contribution in [0, 0.1) is 6.92 Å². The average molecular weight is 519 g/mol. The molecule has 1 saturated heterocycles. The number of hydrogen-bond donors (Lipinski definition) is 1. The standard InChI is InChI=1S/C23H17BrClNO4S/c1-12-10-14(25)6-7-16(12)26-20(18-4-3-9-31-18)19(22(28)23(26)29)21(27)13-5-8-17(30-2)15(24)11-13/h3-11,20,27H,1-2H3/b21-19-. The topological polar surface area (TPSA) is 66.8 Å². The second-order valence-corrected chi connectivity index (χ2v) is 9.23. The van der Waals surface area contributed by atoms with Crippen LogP contribution in [0.1, 0.15) is 22.0 Å². The van der Waals surface area contributed by atoms with Crippen LogP contribution in [0.15, 0.2) is 64.0 Å². The first-order chi connectivity index (χ1) is 14.8. The van der Waals surface area contributed by atoms with E-state index >= 15 is 0 Å². The van der Waals surface area contributed by atoms with Gasteiger partial charge < -0.3 is 9.84 Å². The van der Waals surface area contributed by atoms with Crippen molar-refractivity contribution in [1.82, 2.24) is 0 Å². The summed E-state index contributed by atoms with van der Waals surface area (Å²) in [6.07, 6.45) is 0. The van der Waals surface area contributed by atoms with Gasteiger partial charge in [0, 0.05) is 21.2 Å². The third-order valence-corrected chi connectivity index (χ3v) is 6.88. The van der Waals surface area contributed by atoms with Crippen LogP contribution in [0.5, 0.6) is 5.75 Å². The Labute approximate surface area is 196 Å². The van der Waals surface area contributed by atoms with Crippen LogP contribution in [0.2, 0.25) is 5.02 Å². The smallest absolute Gasteiger partial charge is 0.300 e. The molecule has 1 aliphatic rings. The van der Waals surface area contributed by atoms with Gasteiger partial charge in [0.2, 0.25) is 0 Å². The summed E-state index contributed by atoms with van der Waals surface area (Å²) in [5.41, 5.74) is 1.77. The van der Waals surface area contributed by atoms with Crippen LogP contribution in [-0.4, -0.2) is 23.9 Å². The lowest BCUT2D eigenvalue weighted by molar-refractivity contribution is -0.132. The van der Waals surface area contributed by atoms with Crippen molar-refractivity contribution in [1.29, 1.82) is 0 Å². The highest BCUT2D eigenvalue weighted by atomic mass is 79.9. The number of aliphatic hydroxyl groups is 1. The van der Waals surface area contributed by atoms with Gasteiger partial charge in [-0.25, -0.2) is 0 Å². The molecule has 0 bridgehead atoms. The summed E-state index contributed by atoms with van der Waals surface area (Å²) >= 11 is 10.9. The predicted octanol–water partition coefficient (Wildman–Crippen LogP) is 6.11. The van der Waals surface area contributed by atoms with E-state index in [1.54, 1.807) is 36.4 Å². The van der Waals surface area contributed by atoms with Crippen molar-refractivity contribution < 1.29 is 19.4 Å². The summed E-state index contributed by atoms with van der Waals surface area (Å²) in [6.45, 7) is 1.83. The second-order valence-electron chi connectivity index (χ2n) is 6.96. The van der Waals surface area contributed by atoms with Crippen molar-refractivity contribution in [3.63, 3.8) is 0 Å². The molecule has 31 heavy (non-hydrogen) atoms. The first-order valence-corrected chi connectivity index (χ1v) is 11.3. The van der Waals surface area contributed by atoms with Crippen molar-refractivity contribution in [2.75, 3.05) is 12.0 Å². The molecule has 0 saturated carbocycles. The number of amides is 1. The van der Waals surface area contributed by atoms with Gasteiger partial charge in [-0.15, -0.1) is 11.3 Å². The quantitative estimate of drug-likeness (QED) is 0.257. The third-order valence-electron chi connectivity index (χ3n) is 5.10. The summed E-state index contributed by atoms with van der Waals surface area (Å²) in [6, 6.07) is 13.0. The number of carbonyl (C=O) groups is 2. The van der Waals surface area contributed by atoms with Crippen LogP contribution >= 0.6 is 38.9 Å². The van der Waals surface area contributed by atoms with E-state index in [1.165, 1.54) is 23.3 Å². The van der Waals surface area contributed by atoms with E-state index in [4.69, 9.17) is 16.3 Å². The van der Waals surface area contributed by atoms with E-state index in [2.05, 4.69) is 15.9 Å². The Balaban J connectivity index is 1.93. The van der Waals surface area contributed by atoms with Gasteiger partial charge in [-0.2, -0.15) is 0 Å². The fourth-order valence-corrected chi connectivity index (χ4v) is 5.25. The maximum absolute atomic E-state index is 13.1. The van der Waals surface area contributed by atoms with Crippen LogP contribution in [0.3, 0.4) is 0 Å². The number of ether oxygens (including phenoxy) is 1. The van der Waals surface area contributed by atoms with Gasteiger partial charge in [0.15, 0.2) is 0 Å². The summed E-state index contributed by atoms with van der Waals surface area (Å²) in [5, 5.41) is 13.6. The highest BCUT2D eigenvalue weighted by molar-refractivity contribution is 9.10. The van der Waals surface area contributed by atoms with Crippen molar-refractivity contribution in [2.24, 2.45) is 0 Å². The van der Waals surface area contributed by atoms with Crippen LogP contribution in [-0.2, 0) is 9.59 Å². The fraction of sp³-hybridized carbons (Fsp3) is 0.130. The lowest BCUT2D eigenvalue weighted by atomic mass is 9.99. The molecule has 4 rings (SSSR count). The molecular formula is C23H17BrClNO4S. The largest absolute Gasteiger partial charge is 0.507 e. The van der Waals surface area contributed by atoms with Crippen LogP contribution in [0.4, 0.5) is 5.69 Å². The Bertz CT molecular complexity index is 1220. The van der Waals surface area contributed by atoms with Gasteiger partial charge in [0.05, 0.1) is 17.2 Å². The van der Waals surface area contributed by atoms with E-state index in [0.29, 0.717) is 26.5 Å². The fourth-order valence-electron chi connectivity index (χ4n) is 3.66. The SMILES string of the molecule is COc1ccc(/C(O)=C2/C(=O)C(=O)N(c3ccc(Cl)cc3C)C2c2cccs2)cc1Br. The normalized spacial score (nSPS) is 17.9. The van der Waals surface area contributed by atoms with Gasteiger partial charge in [0.25, 0.3) is 11.7 Å². The average Bonchev–Trinajstić information content (AvgIpc) is 3.35. The highest BCUT2D eigenvalue weighted by Crippen LogP contribution is 2.45. The number of carbonyl (C=O) groups excluding carboxylic acids is 2. The molecule has 8 heteroatoms. The molecular weight excluding hydrogens is 502 g/mol. The summed E-state index contributed by atoms with van der Waals surface area (Å²) in [4.78, 5) is 28.5. The Morgan fingerprint density at radius 2 is 1.97 bits per heavy atom. The van der Waals surface area contributed by atoms with E-state index in [1.807, 2.05) is 24.4 Å². The van der Waals surface area contributed by atoms with Crippen LogP contribution < -0.4 is 9.64 Å². The lowest BCUT2D eigenvalue weighted by Crippen LogP contribution is -2.29. The van der Waals surface area contributed by atoms with Crippen molar-refractivity contribution in [3.8, 4) is 5.75 Å². The number of ketones is 1. The second kappa shape index (κ2) is 8.49. The van der Waals surface area contributed by atoms with Crippen LogP contribution in [0.25, 0.3) is 5.76 Å². The zero-order valence-corrected chi connectivity index (χ0v) is 19.7. The minimum Gasteiger partial charge on any atom is -0.507 e. The molecule has 1 unspecified atom stereocenters. The Morgan fingerprint density at radius 1 is 1.19 bits per heavy atom. The number of benzene rings is 2. The number of aryl methyl sites for hydroxylation is 1. The Morgan fingerprint density at radius 3 is 2.58 bits per heavy atom. The number of thiophene rings is 1. The molecule has 2 heterocycles. The van der Waals surface area contributed by atoms with Crippen molar-refractivity contribution >= 4 is 62.0 Å². The Hall–Kier alpha value is -2.61. The van der Waals surface area contributed by atoms with E-state index < -0.39 is 17.7 Å². The van der Waals surface area contributed by atoms with Gasteiger partial charge in [-0.1, -0.05) is 17.7 Å². The summed E-state index contributed by atoms with van der Waals surface area (Å²) < 4.78 is 5.86. The molecule has 0 spiro atoms. The molecule has 1 aromatic heterocycles. The minimum absolute atomic E-state index is 0.0406. The van der Waals surface area contributed by atoms with Crippen molar-refractivity contribution in [3.05, 3.63) is 85.0 Å². The number of methoxy groups -OCH3 is 1. The highest BCUT2D eigenvalue weighted by Gasteiger charge is 2.47. The maximum Gasteiger partial charge on any atom is 0.300 e. The predicted molar refractivity (Wildman–Crippen MR) is 126 cm³/mol. The number of aliphatic hydroxyl groups excluding tert-OH is 1. The minimum atomic E-state index is -0.749. The number of nitrogens with zero attached hydrogens (tertiary/aromatic N) is 1. The first-order valence-electron chi connectivity index (χ1n) is 9.28. The Kier molecular flexibility index (Phi) is 5.92. The third kappa shape index (κ3) is 3.78. The molecule has 1 N–H and O–H groups in total. The molecule has 0 aliphatic carbocycles. The van der Waals surface area contributed by atoms with Gasteiger partial charge in [-0.05, 0) is 76.3 Å². The first kappa shape index (κ1) is 21.6. The molecule has 0 radical (unpaired) electrons. The maximum atomic E-state index is 13.1. The molecule has 3 aromatic rings. The number of hydrogen-bond acceptors (Lipinski definition) is 5. The summed E-state index contributed by atoms with van der Waals surface area (Å²) in [5.74, 6) is -1.09. The van der Waals surface area contributed by atoms with E-state index in [-0.39, 0.29) is 11.3 Å². The molecule has 1 aliphatic heterocycles. The molecule has 1 amide bonds. The van der Waals surface area contributed by atoms with E-state index in [9.17, 15) is 14.7 Å². The number of anilines is 1. The van der Waals surface area contributed by atoms with Gasteiger partial charge in [-0.3, -0.25) is 14.5 Å². The number of halogens is 2. The molecule has 1 atom stereocenters. The molecule has 5 nitrogen and oxygen atoms in total. The zero-order chi connectivity index (χ0) is 22.3. The monoisotopic (exact) mass is 517 g/mol. The lowest BCUT2D eigenvalue weighted by Gasteiger charge is -2.25. The summed E-state index contributed by atoms with van der Waals surface area (Å²) in [7, 11) is 1.54. The number of Topliss-reactive ketones (excluding diaryl/α,β-unsaturated/α-hetero) is 1. The van der Waals surface area contributed by atoms with E-state index in [0.717, 1.165) is 10.4 Å². The number of rotatable bonds is 4.